The molecule has 0 aliphatic heterocycles. The Hall–Kier alpha value is -2.27. The van der Waals surface area contributed by atoms with Crippen molar-refractivity contribution in [1.29, 1.82) is 0 Å². The van der Waals surface area contributed by atoms with Crippen LogP contribution in [0.3, 0.4) is 0 Å². The first-order valence-corrected chi connectivity index (χ1v) is 7.63. The summed E-state index contributed by atoms with van der Waals surface area (Å²) in [5.74, 6) is -1.79. The third-order valence-electron chi connectivity index (χ3n) is 3.94. The number of alkyl halides is 1. The molecule has 3 rings (SSSR count). The number of nitrogens with zero attached hydrogens (tertiary/aromatic N) is 1. The Bertz CT molecular complexity index is 907. The molecule has 1 unspecified atom stereocenters. The van der Waals surface area contributed by atoms with Crippen LogP contribution in [0.25, 0.3) is 5.57 Å². The highest BCUT2D eigenvalue weighted by molar-refractivity contribution is 6.31. The first-order chi connectivity index (χ1) is 12.1. The summed E-state index contributed by atoms with van der Waals surface area (Å²) in [6.45, 7) is 1.35. The smallest absolute Gasteiger partial charge is 0.262 e. The van der Waals surface area contributed by atoms with Crippen LogP contribution in [0.15, 0.2) is 43.1 Å². The second-order valence-corrected chi connectivity index (χ2v) is 5.91. The minimum atomic E-state index is -2.49. The molecule has 0 radical (unpaired) electrons. The number of benzene rings is 1. The van der Waals surface area contributed by atoms with Crippen molar-refractivity contribution >= 4 is 23.1 Å². The van der Waals surface area contributed by atoms with Gasteiger partial charge in [-0.2, -0.15) is 0 Å². The summed E-state index contributed by atoms with van der Waals surface area (Å²) in [5.41, 5.74) is -1.65. The van der Waals surface area contributed by atoms with E-state index < -0.39 is 23.9 Å². The number of carbonyl (C=O) groups excluding carboxylic acids is 1. The number of hydrogen-bond donors (Lipinski definition) is 1. The van der Waals surface area contributed by atoms with Crippen molar-refractivity contribution in [2.45, 2.75) is 25.0 Å². The Morgan fingerprint density at radius 2 is 2.29 bits per heavy atom. The first-order valence-electron chi connectivity index (χ1n) is 8.26. The number of nitrogens with one attached hydrogen (secondary N) is 1. The standard InChI is InChI=1S/C18H15ClF2N2O/c1-11-6-7-18(21,14-3-2-8-22-16(11)14)17(24)23-10-12-4-5-13(20)9-15(12)19/h2-5,8-9H,1,6-7,10H2,(H,23,24)/i10D2. The largest absolute Gasteiger partial charge is 0.349 e. The molecular formula is C18H15ClF2N2O. The van der Waals surface area contributed by atoms with Gasteiger partial charge in [-0.1, -0.05) is 30.3 Å². The predicted molar refractivity (Wildman–Crippen MR) is 88.5 cm³/mol. The first kappa shape index (κ1) is 14.1. The average molecular weight is 351 g/mol. The SMILES string of the molecule is [2H]C([2H])(NC(=O)C1(F)CCC(=C)c2ncccc21)c1ccc(F)cc1Cl. The highest BCUT2D eigenvalue weighted by atomic mass is 35.5. The molecule has 24 heavy (non-hydrogen) atoms. The summed E-state index contributed by atoms with van der Waals surface area (Å²) in [4.78, 5) is 16.7. The van der Waals surface area contributed by atoms with Crippen molar-refractivity contribution in [2.24, 2.45) is 0 Å². The molecule has 0 saturated carbocycles. The van der Waals surface area contributed by atoms with Gasteiger partial charge < -0.3 is 5.32 Å². The van der Waals surface area contributed by atoms with Gasteiger partial charge in [0.1, 0.15) is 5.82 Å². The molecule has 1 N–H and O–H groups in total. The maximum atomic E-state index is 15.6. The molecule has 3 nitrogen and oxygen atoms in total. The predicted octanol–water partition coefficient (Wildman–Crippen LogP) is 4.16. The van der Waals surface area contributed by atoms with Crippen molar-refractivity contribution in [3.05, 3.63) is 70.8 Å². The fourth-order valence-corrected chi connectivity index (χ4v) is 2.85. The lowest BCUT2D eigenvalue weighted by Gasteiger charge is -2.31. The fourth-order valence-electron chi connectivity index (χ4n) is 2.63. The van der Waals surface area contributed by atoms with Gasteiger partial charge in [0.2, 0.25) is 5.67 Å². The summed E-state index contributed by atoms with van der Waals surface area (Å²) in [5, 5.41) is 1.85. The fraction of sp³-hybridized carbons (Fsp3) is 0.222. The molecule has 6 heteroatoms. The molecule has 1 amide bonds. The van der Waals surface area contributed by atoms with Gasteiger partial charge in [0.25, 0.3) is 5.91 Å². The maximum Gasteiger partial charge on any atom is 0.262 e. The second kappa shape index (κ2) is 6.32. The van der Waals surface area contributed by atoms with Crippen LogP contribution in [-0.4, -0.2) is 10.9 Å². The third-order valence-corrected chi connectivity index (χ3v) is 4.26. The average Bonchev–Trinajstić information content (AvgIpc) is 2.58. The Balaban J connectivity index is 1.94. The molecule has 1 aromatic heterocycles. The molecule has 124 valence electrons. The van der Waals surface area contributed by atoms with E-state index >= 15 is 4.39 Å². The quantitative estimate of drug-likeness (QED) is 0.903. The van der Waals surface area contributed by atoms with Crippen LogP contribution in [0, 0.1) is 5.82 Å². The lowest BCUT2D eigenvalue weighted by molar-refractivity contribution is -0.134. The summed E-state index contributed by atoms with van der Waals surface area (Å²) >= 11 is 5.87. The van der Waals surface area contributed by atoms with Gasteiger partial charge >= 0.3 is 0 Å². The Labute approximate surface area is 146 Å². The molecule has 2 aromatic rings. The molecule has 1 aliphatic carbocycles. The van der Waals surface area contributed by atoms with Gasteiger partial charge in [-0.15, -0.1) is 0 Å². The number of rotatable bonds is 3. The summed E-state index contributed by atoms with van der Waals surface area (Å²) in [6, 6.07) is 5.99. The lowest BCUT2D eigenvalue weighted by Crippen LogP contribution is -2.43. The van der Waals surface area contributed by atoms with E-state index in [1.165, 1.54) is 18.3 Å². The van der Waals surface area contributed by atoms with Crippen molar-refractivity contribution in [1.82, 2.24) is 10.3 Å². The third kappa shape index (κ3) is 2.91. The molecule has 1 aliphatic rings. The molecule has 0 saturated heterocycles. The number of carbonyl (C=O) groups is 1. The van der Waals surface area contributed by atoms with Gasteiger partial charge in [-0.25, -0.2) is 8.78 Å². The molecule has 1 heterocycles. The zero-order valence-electron chi connectivity index (χ0n) is 14.6. The van der Waals surface area contributed by atoms with E-state index in [4.69, 9.17) is 14.3 Å². The lowest BCUT2D eigenvalue weighted by atomic mass is 9.80. The Kier molecular flexibility index (Phi) is 3.71. The van der Waals surface area contributed by atoms with Gasteiger partial charge in [0.05, 0.1) is 8.44 Å². The summed E-state index contributed by atoms with van der Waals surface area (Å²) in [6.07, 6.45) is 1.52. The number of hydrogen-bond acceptors (Lipinski definition) is 2. The van der Waals surface area contributed by atoms with Crippen LogP contribution < -0.4 is 5.32 Å². The summed E-state index contributed by atoms with van der Waals surface area (Å²) < 4.78 is 44.9. The topological polar surface area (TPSA) is 42.0 Å². The van der Waals surface area contributed by atoms with Crippen LogP contribution in [0.4, 0.5) is 8.78 Å². The van der Waals surface area contributed by atoms with E-state index in [9.17, 15) is 9.18 Å². The normalized spacial score (nSPS) is 21.5. The molecule has 1 atom stereocenters. The molecule has 0 bridgehead atoms. The number of pyridine rings is 1. The molecular weight excluding hydrogens is 334 g/mol. The number of allylic oxidation sites excluding steroid dienone is 1. The van der Waals surface area contributed by atoms with Gasteiger partial charge in [-0.3, -0.25) is 9.78 Å². The van der Waals surface area contributed by atoms with Crippen molar-refractivity contribution in [3.63, 3.8) is 0 Å². The van der Waals surface area contributed by atoms with Gasteiger partial charge in [0.15, 0.2) is 0 Å². The summed E-state index contributed by atoms with van der Waals surface area (Å²) in [7, 11) is 0. The number of halogens is 3. The minimum Gasteiger partial charge on any atom is -0.349 e. The minimum absolute atomic E-state index is 0.0507. The van der Waals surface area contributed by atoms with Gasteiger partial charge in [-0.05, 0) is 42.2 Å². The zero-order valence-corrected chi connectivity index (χ0v) is 13.3. The second-order valence-electron chi connectivity index (χ2n) is 5.51. The van der Waals surface area contributed by atoms with E-state index in [1.807, 2.05) is 0 Å². The highest BCUT2D eigenvalue weighted by Gasteiger charge is 2.45. The van der Waals surface area contributed by atoms with E-state index in [0.717, 1.165) is 18.2 Å². The molecule has 0 fully saturated rings. The number of amides is 1. The van der Waals surface area contributed by atoms with Gasteiger partial charge in [0, 0.05) is 23.3 Å². The number of fused-ring (bicyclic) bond motifs is 1. The van der Waals surface area contributed by atoms with Crippen molar-refractivity contribution < 1.29 is 16.3 Å². The van der Waals surface area contributed by atoms with Crippen molar-refractivity contribution in [3.8, 4) is 0 Å². The van der Waals surface area contributed by atoms with E-state index in [-0.39, 0.29) is 29.0 Å². The Morgan fingerprint density at radius 3 is 3.04 bits per heavy atom. The molecule has 0 spiro atoms. The van der Waals surface area contributed by atoms with E-state index in [2.05, 4.69) is 16.9 Å². The van der Waals surface area contributed by atoms with Crippen LogP contribution >= 0.6 is 11.6 Å². The maximum absolute atomic E-state index is 15.6. The zero-order chi connectivity index (χ0) is 19.1. The van der Waals surface area contributed by atoms with Crippen LogP contribution in [0.1, 0.15) is 32.4 Å². The Morgan fingerprint density at radius 1 is 1.50 bits per heavy atom. The van der Waals surface area contributed by atoms with Crippen LogP contribution in [-0.2, 0) is 17.0 Å². The monoisotopic (exact) mass is 350 g/mol. The van der Waals surface area contributed by atoms with Crippen molar-refractivity contribution in [2.75, 3.05) is 0 Å². The molecule has 1 aromatic carbocycles. The van der Waals surface area contributed by atoms with E-state index in [1.54, 1.807) is 0 Å². The van der Waals surface area contributed by atoms with Crippen LogP contribution in [0.2, 0.25) is 5.02 Å². The van der Waals surface area contributed by atoms with E-state index in [0.29, 0.717) is 11.3 Å². The van der Waals surface area contributed by atoms with Crippen LogP contribution in [0.5, 0.6) is 0 Å². The number of aromatic nitrogens is 1. The highest BCUT2D eigenvalue weighted by Crippen LogP contribution is 2.42.